The Hall–Kier alpha value is -0.120. The maximum atomic E-state index is 5.54. The van der Waals surface area contributed by atoms with Gasteiger partial charge in [0.05, 0.1) is 0 Å². The summed E-state index contributed by atoms with van der Waals surface area (Å²) in [6, 6.07) is 0.441. The van der Waals surface area contributed by atoms with Crippen LogP contribution in [0.1, 0.15) is 46.0 Å². The van der Waals surface area contributed by atoms with Crippen molar-refractivity contribution in [1.82, 2.24) is 5.43 Å². The van der Waals surface area contributed by atoms with E-state index in [9.17, 15) is 0 Å². The van der Waals surface area contributed by atoms with Crippen molar-refractivity contribution in [3.05, 3.63) is 0 Å². The second-order valence-electron chi connectivity index (χ2n) is 4.03. The second-order valence-corrected chi connectivity index (χ2v) is 4.03. The molecule has 0 aliphatic rings. The summed E-state index contributed by atoms with van der Waals surface area (Å²) in [7, 11) is 1.74. The molecular formula is C11H26N2O. The monoisotopic (exact) mass is 202 g/mol. The molecule has 0 aliphatic heterocycles. The van der Waals surface area contributed by atoms with E-state index in [0.717, 1.165) is 13.0 Å². The summed E-state index contributed by atoms with van der Waals surface area (Å²) in [6.45, 7) is 5.28. The summed E-state index contributed by atoms with van der Waals surface area (Å²) in [5.74, 6) is 6.13. The van der Waals surface area contributed by atoms with Crippen molar-refractivity contribution in [2.45, 2.75) is 52.0 Å². The highest BCUT2D eigenvalue weighted by Crippen LogP contribution is 2.14. The van der Waals surface area contributed by atoms with Gasteiger partial charge in [-0.1, -0.05) is 33.1 Å². The minimum absolute atomic E-state index is 0.441. The highest BCUT2D eigenvalue weighted by molar-refractivity contribution is 4.70. The van der Waals surface area contributed by atoms with E-state index in [1.165, 1.54) is 25.7 Å². The largest absolute Gasteiger partial charge is 0.385 e. The van der Waals surface area contributed by atoms with Gasteiger partial charge in [-0.05, 0) is 18.8 Å². The average molecular weight is 202 g/mol. The SMILES string of the molecule is CCCCCC(NN)C(C)CCOC. The number of methoxy groups -OCH3 is 1. The Labute approximate surface area is 88.4 Å². The maximum absolute atomic E-state index is 5.54. The molecule has 3 nitrogen and oxygen atoms in total. The molecule has 0 aromatic rings. The molecule has 3 heteroatoms. The molecule has 2 unspecified atom stereocenters. The van der Waals surface area contributed by atoms with Crippen molar-refractivity contribution in [2.75, 3.05) is 13.7 Å². The Morgan fingerprint density at radius 1 is 1.29 bits per heavy atom. The molecule has 0 aromatic carbocycles. The summed E-state index contributed by atoms with van der Waals surface area (Å²) >= 11 is 0. The van der Waals surface area contributed by atoms with Gasteiger partial charge >= 0.3 is 0 Å². The predicted molar refractivity (Wildman–Crippen MR) is 60.9 cm³/mol. The lowest BCUT2D eigenvalue weighted by atomic mass is 9.94. The van der Waals surface area contributed by atoms with Crippen LogP contribution in [0.5, 0.6) is 0 Å². The van der Waals surface area contributed by atoms with E-state index in [4.69, 9.17) is 10.6 Å². The minimum Gasteiger partial charge on any atom is -0.385 e. The molecule has 0 saturated carbocycles. The van der Waals surface area contributed by atoms with Crippen molar-refractivity contribution in [3.8, 4) is 0 Å². The molecule has 0 heterocycles. The fraction of sp³-hybridized carbons (Fsp3) is 1.00. The lowest BCUT2D eigenvalue weighted by molar-refractivity contribution is 0.168. The van der Waals surface area contributed by atoms with Crippen LogP contribution in [0.25, 0.3) is 0 Å². The van der Waals surface area contributed by atoms with Crippen LogP contribution in [0, 0.1) is 5.92 Å². The zero-order chi connectivity index (χ0) is 10.8. The number of unbranched alkanes of at least 4 members (excludes halogenated alkanes) is 2. The van der Waals surface area contributed by atoms with Gasteiger partial charge in [0.15, 0.2) is 0 Å². The molecule has 0 radical (unpaired) electrons. The van der Waals surface area contributed by atoms with Crippen molar-refractivity contribution in [3.63, 3.8) is 0 Å². The van der Waals surface area contributed by atoms with Crippen molar-refractivity contribution >= 4 is 0 Å². The highest BCUT2D eigenvalue weighted by Gasteiger charge is 2.14. The highest BCUT2D eigenvalue weighted by atomic mass is 16.5. The number of nitrogens with one attached hydrogen (secondary N) is 1. The van der Waals surface area contributed by atoms with Crippen LogP contribution in [0.2, 0.25) is 0 Å². The smallest absolute Gasteiger partial charge is 0.0465 e. The van der Waals surface area contributed by atoms with E-state index in [0.29, 0.717) is 12.0 Å². The van der Waals surface area contributed by atoms with Gasteiger partial charge in [-0.3, -0.25) is 11.3 Å². The molecule has 0 spiro atoms. The van der Waals surface area contributed by atoms with E-state index in [-0.39, 0.29) is 0 Å². The summed E-state index contributed by atoms with van der Waals surface area (Å²) in [5.41, 5.74) is 2.91. The molecule has 14 heavy (non-hydrogen) atoms. The molecule has 0 fully saturated rings. The number of hydrazine groups is 1. The van der Waals surface area contributed by atoms with Gasteiger partial charge in [-0.25, -0.2) is 0 Å². The Bertz CT molecular complexity index is 120. The van der Waals surface area contributed by atoms with Crippen LogP contribution in [-0.2, 0) is 4.74 Å². The molecule has 0 bridgehead atoms. The fourth-order valence-electron chi connectivity index (χ4n) is 1.65. The number of ether oxygens (including phenoxy) is 1. The van der Waals surface area contributed by atoms with Crippen LogP contribution in [0.3, 0.4) is 0 Å². The molecule has 0 amide bonds. The zero-order valence-electron chi connectivity index (χ0n) is 9.88. The van der Waals surface area contributed by atoms with Crippen molar-refractivity contribution < 1.29 is 4.74 Å². The summed E-state index contributed by atoms with van der Waals surface area (Å²) in [4.78, 5) is 0. The normalized spacial score (nSPS) is 15.4. The Kier molecular flexibility index (Phi) is 9.35. The number of hydrogen-bond acceptors (Lipinski definition) is 3. The molecule has 0 saturated heterocycles. The van der Waals surface area contributed by atoms with Crippen LogP contribution in [0.4, 0.5) is 0 Å². The van der Waals surface area contributed by atoms with E-state index >= 15 is 0 Å². The average Bonchev–Trinajstić information content (AvgIpc) is 2.21. The zero-order valence-corrected chi connectivity index (χ0v) is 9.88. The van der Waals surface area contributed by atoms with Gasteiger partial charge in [0, 0.05) is 19.8 Å². The van der Waals surface area contributed by atoms with Crippen LogP contribution in [-0.4, -0.2) is 19.8 Å². The minimum atomic E-state index is 0.441. The quantitative estimate of drug-likeness (QED) is 0.342. The molecule has 3 N–H and O–H groups in total. The van der Waals surface area contributed by atoms with Gasteiger partial charge in [-0.15, -0.1) is 0 Å². The van der Waals surface area contributed by atoms with E-state index in [1.807, 2.05) is 0 Å². The lowest BCUT2D eigenvalue weighted by Crippen LogP contribution is -2.40. The summed E-state index contributed by atoms with van der Waals surface area (Å²) in [5, 5.41) is 0. The first-order chi connectivity index (χ1) is 6.76. The van der Waals surface area contributed by atoms with Gasteiger partial charge < -0.3 is 4.74 Å². The third kappa shape index (κ3) is 6.35. The first-order valence-electron chi connectivity index (χ1n) is 5.71. The number of hydrogen-bond donors (Lipinski definition) is 2. The first kappa shape index (κ1) is 13.9. The Morgan fingerprint density at radius 2 is 2.00 bits per heavy atom. The molecule has 0 aliphatic carbocycles. The Morgan fingerprint density at radius 3 is 2.50 bits per heavy atom. The summed E-state index contributed by atoms with van der Waals surface area (Å²) < 4.78 is 5.06. The molecule has 2 atom stereocenters. The van der Waals surface area contributed by atoms with Gasteiger partial charge in [0.2, 0.25) is 0 Å². The van der Waals surface area contributed by atoms with Gasteiger partial charge in [-0.2, -0.15) is 0 Å². The second kappa shape index (κ2) is 9.44. The van der Waals surface area contributed by atoms with Crippen LogP contribution >= 0.6 is 0 Å². The molecule has 0 rings (SSSR count). The van der Waals surface area contributed by atoms with E-state index in [2.05, 4.69) is 19.3 Å². The lowest BCUT2D eigenvalue weighted by Gasteiger charge is -2.22. The molecule has 86 valence electrons. The van der Waals surface area contributed by atoms with Gasteiger partial charge in [0.1, 0.15) is 0 Å². The van der Waals surface area contributed by atoms with E-state index < -0.39 is 0 Å². The summed E-state index contributed by atoms with van der Waals surface area (Å²) in [6.07, 6.45) is 6.09. The standard InChI is InChI=1S/C11H26N2O/c1-4-5-6-7-11(13-12)10(2)8-9-14-3/h10-11,13H,4-9,12H2,1-3H3. The number of rotatable bonds is 9. The predicted octanol–water partition coefficient (Wildman–Crippen LogP) is 2.07. The van der Waals surface area contributed by atoms with E-state index in [1.54, 1.807) is 7.11 Å². The topological polar surface area (TPSA) is 47.3 Å². The van der Waals surface area contributed by atoms with Crippen LogP contribution < -0.4 is 11.3 Å². The maximum Gasteiger partial charge on any atom is 0.0465 e. The van der Waals surface area contributed by atoms with Crippen LogP contribution in [0.15, 0.2) is 0 Å². The van der Waals surface area contributed by atoms with Crippen molar-refractivity contribution in [2.24, 2.45) is 11.8 Å². The molecular weight excluding hydrogens is 176 g/mol. The van der Waals surface area contributed by atoms with Gasteiger partial charge in [0.25, 0.3) is 0 Å². The third-order valence-electron chi connectivity index (χ3n) is 2.80. The third-order valence-corrected chi connectivity index (χ3v) is 2.80. The fourth-order valence-corrected chi connectivity index (χ4v) is 1.65. The first-order valence-corrected chi connectivity index (χ1v) is 5.71. The Balaban J connectivity index is 3.62. The molecule has 0 aromatic heterocycles. The number of nitrogens with two attached hydrogens (primary N) is 1. The van der Waals surface area contributed by atoms with Crippen molar-refractivity contribution in [1.29, 1.82) is 0 Å².